The molecule has 0 fully saturated rings. The Morgan fingerprint density at radius 2 is 2.00 bits per heavy atom. The van der Waals surface area contributed by atoms with Crippen molar-refractivity contribution in [1.82, 2.24) is 19.6 Å². The number of nitrogens with two attached hydrogens (primary N) is 1. The Hall–Kier alpha value is -2.43. The minimum absolute atomic E-state index is 0.637. The molecule has 3 rings (SSSR count). The Kier molecular flexibility index (Phi) is 1.83. The maximum absolute atomic E-state index is 5.59. The first-order valence-corrected chi connectivity index (χ1v) is 4.86. The first kappa shape index (κ1) is 8.84. The summed E-state index contributed by atoms with van der Waals surface area (Å²) >= 11 is 0. The standard InChI is InChI=1S/C11H9N5/c12-8-4-5-9(13-7-8)11-15-14-10-3-1-2-6-16(10)11/h1-7H,12H2. The second kappa shape index (κ2) is 3.30. The number of pyridine rings is 2. The molecule has 3 aromatic rings. The zero-order chi connectivity index (χ0) is 11.0. The Balaban J connectivity index is 2.22. The summed E-state index contributed by atoms with van der Waals surface area (Å²) < 4.78 is 1.89. The summed E-state index contributed by atoms with van der Waals surface area (Å²) in [4.78, 5) is 4.22. The van der Waals surface area contributed by atoms with Crippen LogP contribution in [0.3, 0.4) is 0 Å². The second-order valence-electron chi connectivity index (χ2n) is 3.43. The third-order valence-electron chi connectivity index (χ3n) is 2.33. The van der Waals surface area contributed by atoms with Crippen LogP contribution in [0.2, 0.25) is 0 Å². The molecular weight excluding hydrogens is 202 g/mol. The lowest BCUT2D eigenvalue weighted by Crippen LogP contribution is -1.92. The van der Waals surface area contributed by atoms with Gasteiger partial charge in [-0.05, 0) is 24.3 Å². The molecule has 0 atom stereocenters. The quantitative estimate of drug-likeness (QED) is 0.660. The van der Waals surface area contributed by atoms with Crippen molar-refractivity contribution < 1.29 is 0 Å². The van der Waals surface area contributed by atoms with E-state index in [1.165, 1.54) is 0 Å². The molecular formula is C11H9N5. The number of hydrogen-bond donors (Lipinski definition) is 1. The van der Waals surface area contributed by atoms with E-state index in [1.807, 2.05) is 34.9 Å². The lowest BCUT2D eigenvalue weighted by atomic mass is 10.3. The van der Waals surface area contributed by atoms with E-state index in [0.29, 0.717) is 5.69 Å². The molecule has 2 N–H and O–H groups in total. The van der Waals surface area contributed by atoms with Crippen LogP contribution in [0.4, 0.5) is 5.69 Å². The number of anilines is 1. The van der Waals surface area contributed by atoms with Gasteiger partial charge in [0.1, 0.15) is 5.69 Å². The first-order valence-electron chi connectivity index (χ1n) is 4.86. The predicted molar refractivity (Wildman–Crippen MR) is 60.6 cm³/mol. The summed E-state index contributed by atoms with van der Waals surface area (Å²) in [6, 6.07) is 9.38. The minimum Gasteiger partial charge on any atom is -0.397 e. The van der Waals surface area contributed by atoms with Crippen LogP contribution in [0, 0.1) is 0 Å². The smallest absolute Gasteiger partial charge is 0.186 e. The number of rotatable bonds is 1. The highest BCUT2D eigenvalue weighted by molar-refractivity contribution is 5.56. The predicted octanol–water partition coefficient (Wildman–Crippen LogP) is 1.37. The van der Waals surface area contributed by atoms with Crippen molar-refractivity contribution in [2.24, 2.45) is 0 Å². The number of fused-ring (bicyclic) bond motifs is 1. The Bertz CT molecular complexity index is 626. The third kappa shape index (κ3) is 1.30. The van der Waals surface area contributed by atoms with E-state index in [9.17, 15) is 0 Å². The van der Waals surface area contributed by atoms with Crippen molar-refractivity contribution >= 4 is 11.3 Å². The molecule has 0 saturated carbocycles. The van der Waals surface area contributed by atoms with Gasteiger partial charge in [0.05, 0.1) is 11.9 Å². The maximum Gasteiger partial charge on any atom is 0.186 e. The fourth-order valence-electron chi connectivity index (χ4n) is 1.55. The molecule has 0 aliphatic heterocycles. The average Bonchev–Trinajstić information content (AvgIpc) is 2.74. The first-order chi connectivity index (χ1) is 7.84. The van der Waals surface area contributed by atoms with Crippen LogP contribution in [-0.4, -0.2) is 19.6 Å². The highest BCUT2D eigenvalue weighted by atomic mass is 15.2. The topological polar surface area (TPSA) is 69.1 Å². The summed E-state index contributed by atoms with van der Waals surface area (Å²) in [6.07, 6.45) is 3.52. The van der Waals surface area contributed by atoms with Crippen LogP contribution in [0.5, 0.6) is 0 Å². The van der Waals surface area contributed by atoms with Crippen LogP contribution >= 0.6 is 0 Å². The molecule has 0 radical (unpaired) electrons. The number of aromatic nitrogens is 4. The van der Waals surface area contributed by atoms with E-state index in [-0.39, 0.29) is 0 Å². The van der Waals surface area contributed by atoms with Crippen molar-refractivity contribution in [3.63, 3.8) is 0 Å². The Morgan fingerprint density at radius 1 is 1.06 bits per heavy atom. The third-order valence-corrected chi connectivity index (χ3v) is 2.33. The molecule has 5 heteroatoms. The highest BCUT2D eigenvalue weighted by Crippen LogP contribution is 2.16. The molecule has 0 aliphatic rings. The average molecular weight is 211 g/mol. The molecule has 5 nitrogen and oxygen atoms in total. The molecule has 78 valence electrons. The summed E-state index contributed by atoms with van der Waals surface area (Å²) in [5.41, 5.74) is 7.78. The second-order valence-corrected chi connectivity index (χ2v) is 3.43. The molecule has 0 aromatic carbocycles. The van der Waals surface area contributed by atoms with Gasteiger partial charge in [0.25, 0.3) is 0 Å². The Labute approximate surface area is 91.6 Å². The molecule has 0 spiro atoms. The summed E-state index contributed by atoms with van der Waals surface area (Å²) in [5, 5.41) is 8.16. The molecule has 0 saturated heterocycles. The van der Waals surface area contributed by atoms with Crippen LogP contribution in [0.25, 0.3) is 17.2 Å². The number of nitrogen functional groups attached to an aromatic ring is 1. The van der Waals surface area contributed by atoms with Gasteiger partial charge in [-0.25, -0.2) is 0 Å². The maximum atomic E-state index is 5.59. The molecule has 3 aromatic heterocycles. The number of hydrogen-bond acceptors (Lipinski definition) is 4. The molecule has 0 aliphatic carbocycles. The van der Waals surface area contributed by atoms with E-state index in [1.54, 1.807) is 12.3 Å². The van der Waals surface area contributed by atoms with Crippen molar-refractivity contribution in [2.45, 2.75) is 0 Å². The summed E-state index contributed by atoms with van der Waals surface area (Å²) in [5.74, 6) is 0.718. The van der Waals surface area contributed by atoms with Gasteiger partial charge in [-0.3, -0.25) is 9.38 Å². The fourth-order valence-corrected chi connectivity index (χ4v) is 1.55. The van der Waals surface area contributed by atoms with E-state index in [4.69, 9.17) is 5.73 Å². The van der Waals surface area contributed by atoms with E-state index in [0.717, 1.165) is 17.2 Å². The fraction of sp³-hybridized carbons (Fsp3) is 0. The van der Waals surface area contributed by atoms with Gasteiger partial charge < -0.3 is 5.73 Å². The van der Waals surface area contributed by atoms with Crippen LogP contribution in [-0.2, 0) is 0 Å². The van der Waals surface area contributed by atoms with Gasteiger partial charge in [-0.1, -0.05) is 6.07 Å². The van der Waals surface area contributed by atoms with Crippen LogP contribution in [0.1, 0.15) is 0 Å². The van der Waals surface area contributed by atoms with Crippen molar-refractivity contribution in [1.29, 1.82) is 0 Å². The van der Waals surface area contributed by atoms with Gasteiger partial charge in [0.15, 0.2) is 11.5 Å². The van der Waals surface area contributed by atoms with Gasteiger partial charge in [-0.15, -0.1) is 10.2 Å². The van der Waals surface area contributed by atoms with Crippen molar-refractivity contribution in [2.75, 3.05) is 5.73 Å². The normalized spacial score (nSPS) is 10.8. The van der Waals surface area contributed by atoms with E-state index >= 15 is 0 Å². The van der Waals surface area contributed by atoms with E-state index in [2.05, 4.69) is 15.2 Å². The van der Waals surface area contributed by atoms with Crippen molar-refractivity contribution in [3.8, 4) is 11.5 Å². The number of nitrogens with zero attached hydrogens (tertiary/aromatic N) is 4. The molecule has 0 unspecified atom stereocenters. The van der Waals surface area contributed by atoms with Gasteiger partial charge in [0.2, 0.25) is 0 Å². The van der Waals surface area contributed by atoms with Crippen molar-refractivity contribution in [3.05, 3.63) is 42.7 Å². The van der Waals surface area contributed by atoms with Gasteiger partial charge in [0, 0.05) is 6.20 Å². The molecule has 0 amide bonds. The summed E-state index contributed by atoms with van der Waals surface area (Å²) in [6.45, 7) is 0. The monoisotopic (exact) mass is 211 g/mol. The highest BCUT2D eigenvalue weighted by Gasteiger charge is 2.07. The lowest BCUT2D eigenvalue weighted by molar-refractivity contribution is 1.09. The van der Waals surface area contributed by atoms with Crippen LogP contribution in [0.15, 0.2) is 42.7 Å². The minimum atomic E-state index is 0.637. The SMILES string of the molecule is Nc1ccc(-c2nnc3ccccn23)nc1. The molecule has 16 heavy (non-hydrogen) atoms. The molecule has 0 bridgehead atoms. The zero-order valence-electron chi connectivity index (χ0n) is 8.41. The van der Waals surface area contributed by atoms with Crippen LogP contribution < -0.4 is 5.73 Å². The zero-order valence-corrected chi connectivity index (χ0v) is 8.41. The van der Waals surface area contributed by atoms with Gasteiger partial charge >= 0.3 is 0 Å². The van der Waals surface area contributed by atoms with Gasteiger partial charge in [-0.2, -0.15) is 0 Å². The Morgan fingerprint density at radius 3 is 2.81 bits per heavy atom. The summed E-state index contributed by atoms with van der Waals surface area (Å²) in [7, 11) is 0. The molecule has 3 heterocycles. The lowest BCUT2D eigenvalue weighted by Gasteiger charge is -1.98. The van der Waals surface area contributed by atoms with E-state index < -0.39 is 0 Å². The largest absolute Gasteiger partial charge is 0.397 e.